The van der Waals surface area contributed by atoms with E-state index in [1.54, 1.807) is 32.4 Å². The van der Waals surface area contributed by atoms with Crippen molar-refractivity contribution in [3.63, 3.8) is 0 Å². The zero-order valence-corrected chi connectivity index (χ0v) is 10.6. The van der Waals surface area contributed by atoms with Crippen molar-refractivity contribution in [1.82, 2.24) is 5.32 Å². The first-order chi connectivity index (χ1) is 8.63. The molecule has 1 saturated carbocycles. The Morgan fingerprint density at radius 2 is 2.11 bits per heavy atom. The second-order valence-corrected chi connectivity index (χ2v) is 4.46. The van der Waals surface area contributed by atoms with Crippen LogP contribution in [0.3, 0.4) is 0 Å². The van der Waals surface area contributed by atoms with Gasteiger partial charge in [0.25, 0.3) is 5.91 Å². The number of methoxy groups -OCH3 is 2. The number of hydrogen-bond acceptors (Lipinski definition) is 4. The van der Waals surface area contributed by atoms with Gasteiger partial charge in [-0.1, -0.05) is 0 Å². The van der Waals surface area contributed by atoms with Crippen LogP contribution in [0.2, 0.25) is 0 Å². The number of carbonyl (C=O) groups excluding carboxylic acids is 1. The van der Waals surface area contributed by atoms with Crippen molar-refractivity contribution < 1.29 is 14.3 Å². The Morgan fingerprint density at radius 1 is 1.39 bits per heavy atom. The first-order valence-electron chi connectivity index (χ1n) is 5.91. The van der Waals surface area contributed by atoms with Crippen LogP contribution in [0.4, 0.5) is 5.69 Å². The van der Waals surface area contributed by atoms with Crippen LogP contribution < -0.4 is 15.8 Å². The van der Waals surface area contributed by atoms with E-state index in [4.69, 9.17) is 15.2 Å². The van der Waals surface area contributed by atoms with Crippen LogP contribution in [0.25, 0.3) is 0 Å². The van der Waals surface area contributed by atoms with Crippen LogP contribution in [0.1, 0.15) is 23.2 Å². The molecular formula is C13H18N2O3. The summed E-state index contributed by atoms with van der Waals surface area (Å²) in [6, 6.07) is 5.23. The maximum Gasteiger partial charge on any atom is 0.251 e. The van der Waals surface area contributed by atoms with Crippen molar-refractivity contribution >= 4 is 11.6 Å². The van der Waals surface area contributed by atoms with Crippen molar-refractivity contribution in [1.29, 1.82) is 0 Å². The highest BCUT2D eigenvalue weighted by Gasteiger charge is 2.30. The molecule has 0 aliphatic heterocycles. The Kier molecular flexibility index (Phi) is 3.72. The fourth-order valence-electron chi connectivity index (χ4n) is 2.02. The fourth-order valence-corrected chi connectivity index (χ4v) is 2.02. The van der Waals surface area contributed by atoms with E-state index in [9.17, 15) is 4.79 Å². The lowest BCUT2D eigenvalue weighted by Crippen LogP contribution is -2.47. The lowest BCUT2D eigenvalue weighted by atomic mass is 9.89. The van der Waals surface area contributed by atoms with E-state index in [1.165, 1.54) is 0 Å². The zero-order valence-electron chi connectivity index (χ0n) is 10.6. The molecular weight excluding hydrogens is 232 g/mol. The average Bonchev–Trinajstić information content (AvgIpc) is 2.32. The lowest BCUT2D eigenvalue weighted by molar-refractivity contribution is 0.0176. The van der Waals surface area contributed by atoms with Crippen molar-refractivity contribution in [3.8, 4) is 5.75 Å². The van der Waals surface area contributed by atoms with Gasteiger partial charge < -0.3 is 20.5 Å². The summed E-state index contributed by atoms with van der Waals surface area (Å²) in [5.41, 5.74) is 6.78. The minimum Gasteiger partial charge on any atom is -0.495 e. The molecule has 1 aromatic rings. The van der Waals surface area contributed by atoms with E-state index in [0.717, 1.165) is 12.8 Å². The van der Waals surface area contributed by atoms with Crippen molar-refractivity contribution in [2.75, 3.05) is 20.0 Å². The number of anilines is 1. The molecule has 98 valence electrons. The van der Waals surface area contributed by atoms with Gasteiger partial charge in [0, 0.05) is 18.7 Å². The normalized spacial score (nSPS) is 22.1. The van der Waals surface area contributed by atoms with Gasteiger partial charge in [-0.3, -0.25) is 4.79 Å². The monoisotopic (exact) mass is 250 g/mol. The minimum absolute atomic E-state index is 0.107. The Labute approximate surface area is 106 Å². The number of benzene rings is 1. The van der Waals surface area contributed by atoms with Gasteiger partial charge in [0.05, 0.1) is 18.9 Å². The van der Waals surface area contributed by atoms with Crippen LogP contribution in [0.15, 0.2) is 18.2 Å². The van der Waals surface area contributed by atoms with Crippen molar-refractivity contribution in [2.24, 2.45) is 0 Å². The molecule has 0 radical (unpaired) electrons. The number of amides is 1. The number of nitrogens with one attached hydrogen (secondary N) is 1. The largest absolute Gasteiger partial charge is 0.495 e. The van der Waals surface area contributed by atoms with Gasteiger partial charge in [0.1, 0.15) is 5.75 Å². The summed E-state index contributed by atoms with van der Waals surface area (Å²) in [5, 5.41) is 2.95. The molecule has 0 atom stereocenters. The maximum atomic E-state index is 11.9. The predicted octanol–water partition coefficient (Wildman–Crippen LogP) is 1.18. The summed E-state index contributed by atoms with van der Waals surface area (Å²) in [5.74, 6) is 0.471. The number of carbonyl (C=O) groups is 1. The van der Waals surface area contributed by atoms with Crippen LogP contribution in [0, 0.1) is 0 Å². The molecule has 5 heteroatoms. The topological polar surface area (TPSA) is 73.6 Å². The van der Waals surface area contributed by atoms with Gasteiger partial charge in [-0.25, -0.2) is 0 Å². The number of rotatable bonds is 4. The summed E-state index contributed by atoms with van der Waals surface area (Å²) in [7, 11) is 3.23. The van der Waals surface area contributed by atoms with E-state index in [1.807, 2.05) is 0 Å². The molecule has 2 rings (SSSR count). The van der Waals surface area contributed by atoms with Crippen LogP contribution in [-0.4, -0.2) is 32.3 Å². The smallest absolute Gasteiger partial charge is 0.251 e. The van der Waals surface area contributed by atoms with Crippen LogP contribution in [-0.2, 0) is 4.74 Å². The van der Waals surface area contributed by atoms with Gasteiger partial charge in [0.2, 0.25) is 0 Å². The number of nitrogens with two attached hydrogens (primary N) is 1. The van der Waals surface area contributed by atoms with Crippen LogP contribution in [0.5, 0.6) is 5.75 Å². The Hall–Kier alpha value is -1.75. The molecule has 5 nitrogen and oxygen atoms in total. The third-order valence-electron chi connectivity index (χ3n) is 3.26. The fraction of sp³-hybridized carbons (Fsp3) is 0.462. The highest BCUT2D eigenvalue weighted by molar-refractivity contribution is 5.95. The van der Waals surface area contributed by atoms with Gasteiger partial charge in [0.15, 0.2) is 0 Å². The first kappa shape index (κ1) is 12.7. The molecule has 0 aromatic heterocycles. The third kappa shape index (κ3) is 2.56. The molecule has 3 N–H and O–H groups in total. The van der Waals surface area contributed by atoms with E-state index < -0.39 is 0 Å². The number of hydrogen-bond donors (Lipinski definition) is 2. The minimum atomic E-state index is -0.107. The van der Waals surface area contributed by atoms with Gasteiger partial charge in [-0.15, -0.1) is 0 Å². The Bertz CT molecular complexity index is 442. The standard InChI is InChI=1S/C13H18N2O3/c1-17-10-6-9(7-10)15-13(16)8-3-4-12(18-2)11(14)5-8/h3-5,9-10H,6-7,14H2,1-2H3,(H,15,16). The third-order valence-corrected chi connectivity index (χ3v) is 3.26. The molecule has 1 aliphatic rings. The van der Waals surface area contributed by atoms with Gasteiger partial charge >= 0.3 is 0 Å². The molecule has 0 heterocycles. The van der Waals surface area contributed by atoms with Crippen molar-refractivity contribution in [2.45, 2.75) is 25.0 Å². The SMILES string of the molecule is COc1ccc(C(=O)NC2CC(OC)C2)cc1N. The Balaban J connectivity index is 1.95. The molecule has 0 bridgehead atoms. The zero-order chi connectivity index (χ0) is 13.1. The maximum absolute atomic E-state index is 11.9. The predicted molar refractivity (Wildman–Crippen MR) is 68.7 cm³/mol. The van der Waals surface area contributed by atoms with E-state index in [2.05, 4.69) is 5.32 Å². The quantitative estimate of drug-likeness (QED) is 0.787. The Morgan fingerprint density at radius 3 is 2.67 bits per heavy atom. The summed E-state index contributed by atoms with van der Waals surface area (Å²) >= 11 is 0. The molecule has 0 spiro atoms. The highest BCUT2D eigenvalue weighted by atomic mass is 16.5. The second-order valence-electron chi connectivity index (χ2n) is 4.46. The molecule has 1 aromatic carbocycles. The molecule has 1 amide bonds. The van der Waals surface area contributed by atoms with Gasteiger partial charge in [-0.2, -0.15) is 0 Å². The lowest BCUT2D eigenvalue weighted by Gasteiger charge is -2.34. The first-order valence-corrected chi connectivity index (χ1v) is 5.91. The van der Waals surface area contributed by atoms with Crippen LogP contribution >= 0.6 is 0 Å². The second kappa shape index (κ2) is 5.27. The van der Waals surface area contributed by atoms with E-state index in [-0.39, 0.29) is 18.1 Å². The molecule has 0 unspecified atom stereocenters. The molecule has 1 fully saturated rings. The summed E-state index contributed by atoms with van der Waals surface area (Å²) in [6.07, 6.45) is 2.01. The van der Waals surface area contributed by atoms with E-state index in [0.29, 0.717) is 17.0 Å². The van der Waals surface area contributed by atoms with Gasteiger partial charge in [-0.05, 0) is 31.0 Å². The highest BCUT2D eigenvalue weighted by Crippen LogP contribution is 2.24. The average molecular weight is 250 g/mol. The molecule has 0 saturated heterocycles. The van der Waals surface area contributed by atoms with Crippen molar-refractivity contribution in [3.05, 3.63) is 23.8 Å². The number of ether oxygens (including phenoxy) is 2. The number of nitrogen functional groups attached to an aromatic ring is 1. The molecule has 18 heavy (non-hydrogen) atoms. The summed E-state index contributed by atoms with van der Waals surface area (Å²) < 4.78 is 10.2. The summed E-state index contributed by atoms with van der Waals surface area (Å²) in [6.45, 7) is 0. The summed E-state index contributed by atoms with van der Waals surface area (Å²) in [4.78, 5) is 11.9. The van der Waals surface area contributed by atoms with E-state index >= 15 is 0 Å². The molecule has 1 aliphatic carbocycles.